The number of rotatable bonds is 25. The number of carbonyl (C=O) groups excluding carboxylic acids is 6. The van der Waals surface area contributed by atoms with Crippen LogP contribution in [0.2, 0.25) is 10.0 Å². The Morgan fingerprint density at radius 2 is 0.973 bits per heavy atom. The first kappa shape index (κ1) is 86.0. The molecule has 2 saturated carbocycles. The second-order valence-corrected chi connectivity index (χ2v) is 30.8. The van der Waals surface area contributed by atoms with Gasteiger partial charge in [0.05, 0.1) is 6.04 Å². The molecule has 2 atom stereocenters. The highest BCUT2D eigenvalue weighted by Gasteiger charge is 2.44. The van der Waals surface area contributed by atoms with Gasteiger partial charge in [0.25, 0.3) is 0 Å². The Hall–Kier alpha value is -9.55. The van der Waals surface area contributed by atoms with Crippen molar-refractivity contribution in [2.24, 2.45) is 39.1 Å². The first-order valence-corrected chi connectivity index (χ1v) is 39.2. The summed E-state index contributed by atoms with van der Waals surface area (Å²) in [6.07, 6.45) is 16.5. The molecule has 592 valence electrons. The number of carboxylic acids is 1. The summed E-state index contributed by atoms with van der Waals surface area (Å²) in [7, 11) is 0. The molecule has 0 unspecified atom stereocenters. The topological polar surface area (TPSA) is 320 Å². The number of nitrogens with zero attached hydrogens (tertiary/aromatic N) is 4. The highest BCUT2D eigenvalue weighted by molar-refractivity contribution is 6.30. The monoisotopic (exact) mass is 1550 g/mol. The number of nitrogens with one attached hydrogen (secondary N) is 4. The number of benzene rings is 6. The van der Waals surface area contributed by atoms with Crippen molar-refractivity contribution in [3.8, 4) is 0 Å². The molecular weight excluding hydrogens is 1440 g/mol. The zero-order chi connectivity index (χ0) is 78.7. The van der Waals surface area contributed by atoms with Gasteiger partial charge in [-0.2, -0.15) is 0 Å². The van der Waals surface area contributed by atoms with Crippen molar-refractivity contribution >= 4 is 77.5 Å². The molecule has 6 aromatic carbocycles. The maximum absolute atomic E-state index is 13.4. The molecule has 2 saturated heterocycles. The fraction of sp³-hybridized carbons (Fsp3) is 0.471. The SMILES string of the molecule is CC(C)(C)OC(=O)N[C@H](Cc1ccc(Cl)cc1)C(=O)O.N=C(NC(=O)OCc1ccccc1)N(CCCC1(C2CCCCC2)CCNCC1)C(=O)OCc1ccccc1.NC(=NC(=O)OCc1ccccc1)N(CCCC1(C2CCCCC2)CCN(C(=O)[C@H](N)Cc2ccc(Cl)cc2)CC1)C(=O)OCc1ccccc1. The number of amides is 6. The molecule has 2 aliphatic heterocycles. The van der Waals surface area contributed by atoms with Crippen molar-refractivity contribution in [2.45, 2.75) is 193 Å². The minimum atomic E-state index is -1.12. The number of nitrogens with two attached hydrogens (primary N) is 2. The highest BCUT2D eigenvalue weighted by atomic mass is 35.5. The molecule has 23 nitrogen and oxygen atoms in total. The summed E-state index contributed by atoms with van der Waals surface area (Å²) in [5, 5.41) is 27.2. The minimum absolute atomic E-state index is 0.0115. The average molecular weight is 1550 g/mol. The van der Waals surface area contributed by atoms with Gasteiger partial charge in [0, 0.05) is 42.6 Å². The number of hydrogen-bond donors (Lipinski definition) is 7. The van der Waals surface area contributed by atoms with E-state index in [-0.39, 0.29) is 68.0 Å². The summed E-state index contributed by atoms with van der Waals surface area (Å²) in [5.74, 6) is -0.499. The van der Waals surface area contributed by atoms with Crippen molar-refractivity contribution in [3.05, 3.63) is 213 Å². The normalized spacial score (nSPS) is 16.2. The number of piperidine rings is 2. The predicted octanol–water partition coefficient (Wildman–Crippen LogP) is 16.5. The Balaban J connectivity index is 0.000000227. The Morgan fingerprint density at radius 3 is 1.42 bits per heavy atom. The number of likely N-dealkylation sites (tertiary alicyclic amines) is 1. The van der Waals surface area contributed by atoms with Crippen LogP contribution in [0.1, 0.15) is 170 Å². The second kappa shape index (κ2) is 44.3. The van der Waals surface area contributed by atoms with Crippen LogP contribution in [0.15, 0.2) is 175 Å². The third-order valence-corrected chi connectivity index (χ3v) is 21.5. The van der Waals surface area contributed by atoms with Gasteiger partial charge < -0.3 is 55.8 Å². The van der Waals surface area contributed by atoms with Crippen LogP contribution >= 0.6 is 23.2 Å². The van der Waals surface area contributed by atoms with E-state index < -0.39 is 54.1 Å². The molecule has 0 aromatic heterocycles. The largest absolute Gasteiger partial charge is 0.480 e. The Morgan fingerprint density at radius 1 is 0.564 bits per heavy atom. The van der Waals surface area contributed by atoms with Crippen LogP contribution in [0.25, 0.3) is 0 Å². The fourth-order valence-electron chi connectivity index (χ4n) is 15.1. The van der Waals surface area contributed by atoms with E-state index in [1.807, 2.05) is 150 Å². The van der Waals surface area contributed by atoms with Gasteiger partial charge in [-0.1, -0.05) is 207 Å². The smallest absolute Gasteiger partial charge is 0.437 e. The molecule has 25 heteroatoms. The van der Waals surface area contributed by atoms with E-state index in [1.165, 1.54) is 61.2 Å². The Labute approximate surface area is 657 Å². The zero-order valence-electron chi connectivity index (χ0n) is 63.7. The van der Waals surface area contributed by atoms with E-state index in [4.69, 9.17) is 68.9 Å². The predicted molar refractivity (Wildman–Crippen MR) is 426 cm³/mol. The lowest BCUT2D eigenvalue weighted by Crippen LogP contribution is -2.52. The Kier molecular flexibility index (Phi) is 34.7. The molecule has 6 amide bonds. The molecule has 2 heterocycles. The number of aliphatic carboxylic acids is 1. The average Bonchev–Trinajstić information content (AvgIpc) is 0.823. The molecule has 2 aliphatic carbocycles. The van der Waals surface area contributed by atoms with Crippen molar-refractivity contribution in [3.63, 3.8) is 0 Å². The standard InChI is InChI=1S/C40H50ClN5O5.C31H42N4O4.C14H18ClNO4/c41-34-19-17-30(18-20-34)27-35(42)36(47)45-25-22-40(23-26-45,33-15-8-3-9-16-33)21-10-24-46(39(49)51-29-32-13-6-2-7-14-32)37(43)44-38(48)50-28-31-11-4-1-5-12-31;32-28(34-29(36)38-23-25-11-4-1-5-12-25)35(30(37)39-24-26-13-6-2-7-14-26)22-10-17-31(18-20-33-21-19-31)27-15-8-3-9-16-27;1-14(2,3)20-13(19)16-11(12(17)18)8-9-4-6-10(15)7-5-9/h1-2,4-7,11-14,17-20,33,35H,3,8-10,15-16,21-29,42H2,(H2,43,44,48);1-2,4-7,11-14,27,33H,3,8-10,15-24H2,(H2,32,34,36);4-7,11H,8H2,1-3H3,(H,16,19)(H,17,18)/t35-;;11-/m1.1/s1. The number of hydrogen-bond acceptors (Lipinski definition) is 15. The van der Waals surface area contributed by atoms with Gasteiger partial charge in [-0.05, 0) is 198 Å². The molecule has 4 aliphatic rings. The number of carboxylic acid groups (broad SMARTS) is 1. The fourth-order valence-corrected chi connectivity index (χ4v) is 15.4. The zero-order valence-corrected chi connectivity index (χ0v) is 65.2. The molecular formula is C85H110Cl2N10O13. The molecule has 0 bridgehead atoms. The second-order valence-electron chi connectivity index (χ2n) is 29.9. The Bertz CT molecular complexity index is 3870. The quantitative estimate of drug-likeness (QED) is 0.0159. The maximum Gasteiger partial charge on any atom is 0.437 e. The van der Waals surface area contributed by atoms with E-state index in [1.54, 1.807) is 45.0 Å². The lowest BCUT2D eigenvalue weighted by molar-refractivity contribution is -0.139. The van der Waals surface area contributed by atoms with Crippen molar-refractivity contribution in [1.82, 2.24) is 30.7 Å². The van der Waals surface area contributed by atoms with Gasteiger partial charge in [-0.15, -0.1) is 4.99 Å². The summed E-state index contributed by atoms with van der Waals surface area (Å²) in [4.78, 5) is 96.2. The molecule has 110 heavy (non-hydrogen) atoms. The van der Waals surface area contributed by atoms with Gasteiger partial charge >= 0.3 is 36.4 Å². The van der Waals surface area contributed by atoms with E-state index >= 15 is 0 Å². The molecule has 6 aromatic rings. The van der Waals surface area contributed by atoms with Crippen LogP contribution < -0.4 is 27.4 Å². The van der Waals surface area contributed by atoms with Crippen LogP contribution in [0.4, 0.5) is 24.0 Å². The number of carbonyl (C=O) groups is 7. The number of alkyl carbamates (subject to hydrolysis) is 2. The van der Waals surface area contributed by atoms with E-state index in [0.717, 1.165) is 110 Å². The lowest BCUT2D eigenvalue weighted by Gasteiger charge is -2.49. The summed E-state index contributed by atoms with van der Waals surface area (Å²) >= 11 is 11.8. The van der Waals surface area contributed by atoms with Crippen LogP contribution in [-0.2, 0) is 72.5 Å². The van der Waals surface area contributed by atoms with Gasteiger partial charge in [0.2, 0.25) is 17.8 Å². The van der Waals surface area contributed by atoms with Crippen LogP contribution in [0.3, 0.4) is 0 Å². The molecule has 0 radical (unpaired) electrons. The number of aliphatic imine (C=N–C) groups is 1. The van der Waals surface area contributed by atoms with Crippen molar-refractivity contribution in [2.75, 3.05) is 39.3 Å². The van der Waals surface area contributed by atoms with Crippen molar-refractivity contribution < 1.29 is 62.4 Å². The van der Waals surface area contributed by atoms with E-state index in [0.29, 0.717) is 48.4 Å². The highest BCUT2D eigenvalue weighted by Crippen LogP contribution is 2.50. The first-order valence-electron chi connectivity index (χ1n) is 38.5. The van der Waals surface area contributed by atoms with Crippen LogP contribution in [0.5, 0.6) is 0 Å². The summed E-state index contributed by atoms with van der Waals surface area (Å²) in [6.45, 7) is 9.26. The molecule has 0 spiro atoms. The molecule has 10 rings (SSSR count). The minimum Gasteiger partial charge on any atom is -0.480 e. The van der Waals surface area contributed by atoms with Gasteiger partial charge in [-0.3, -0.25) is 15.5 Å². The van der Waals surface area contributed by atoms with Crippen molar-refractivity contribution in [1.29, 1.82) is 5.41 Å². The summed E-state index contributed by atoms with van der Waals surface area (Å²) in [5.41, 5.74) is 17.4. The number of ether oxygens (including phenoxy) is 5. The first-order chi connectivity index (χ1) is 52.9. The third kappa shape index (κ3) is 29.0. The summed E-state index contributed by atoms with van der Waals surface area (Å²) < 4.78 is 26.8. The lowest BCUT2D eigenvalue weighted by atomic mass is 9.61. The van der Waals surface area contributed by atoms with E-state index in [2.05, 4.69) is 20.9 Å². The van der Waals surface area contributed by atoms with Crippen LogP contribution in [-0.4, -0.2) is 131 Å². The maximum atomic E-state index is 13.4. The molecule has 9 N–H and O–H groups in total. The summed E-state index contributed by atoms with van der Waals surface area (Å²) in [6, 6.07) is 50.0. The van der Waals surface area contributed by atoms with E-state index in [9.17, 15) is 33.6 Å². The number of guanidine groups is 2. The van der Waals surface area contributed by atoms with Gasteiger partial charge in [0.15, 0.2) is 0 Å². The van der Waals surface area contributed by atoms with Gasteiger partial charge in [-0.25, -0.2) is 38.6 Å². The van der Waals surface area contributed by atoms with Crippen LogP contribution in [0, 0.1) is 28.1 Å². The number of halogens is 2. The van der Waals surface area contributed by atoms with Gasteiger partial charge in [0.1, 0.15) is 38.1 Å². The molecule has 4 fully saturated rings. The third-order valence-electron chi connectivity index (χ3n) is 21.0.